The zero-order chi connectivity index (χ0) is 14.7. The lowest BCUT2D eigenvalue weighted by molar-refractivity contribution is 0.318. The first kappa shape index (κ1) is 14.2. The molecule has 0 aliphatic rings. The van der Waals surface area contributed by atoms with Crippen molar-refractivity contribution >= 4 is 17.4 Å². The minimum absolute atomic E-state index is 0.0340. The van der Waals surface area contributed by atoms with Gasteiger partial charge < -0.3 is 15.7 Å². The van der Waals surface area contributed by atoms with Crippen LogP contribution in [0.4, 0.5) is 0 Å². The number of aryl methyl sites for hydroxylation is 1. The average molecular weight is 291 g/mol. The number of halogens is 1. The lowest BCUT2D eigenvalue weighted by Gasteiger charge is -2.11. The summed E-state index contributed by atoms with van der Waals surface area (Å²) in [6.45, 7) is 4.02. The van der Waals surface area contributed by atoms with Crippen LogP contribution in [0.5, 0.6) is 11.5 Å². The fourth-order valence-corrected chi connectivity index (χ4v) is 2.05. The fraction of sp³-hybridized carbons (Fsp3) is 0.133. The molecule has 3 N–H and O–H groups in total. The Morgan fingerprint density at radius 3 is 2.65 bits per heavy atom. The number of oxime groups is 1. The van der Waals surface area contributed by atoms with Crippen LogP contribution in [0.3, 0.4) is 0 Å². The van der Waals surface area contributed by atoms with Crippen LogP contribution in [0, 0.1) is 13.8 Å². The Morgan fingerprint density at radius 1 is 1.25 bits per heavy atom. The number of hydrogen-bond donors (Lipinski definition) is 2. The highest BCUT2D eigenvalue weighted by Gasteiger charge is 2.09. The van der Waals surface area contributed by atoms with Gasteiger partial charge in [-0.25, -0.2) is 0 Å². The molecule has 0 saturated heterocycles. The van der Waals surface area contributed by atoms with Crippen LogP contribution in [-0.2, 0) is 0 Å². The standard InChI is InChI=1S/C15H15ClN2O2/c1-9-4-3-5-14(10(9)2)20-11-6-7-12(13(16)8-11)15(17)18-19/h3-8,19H,1-2H3,(H2,17,18). The maximum Gasteiger partial charge on any atom is 0.171 e. The van der Waals surface area contributed by atoms with E-state index in [0.717, 1.165) is 16.9 Å². The van der Waals surface area contributed by atoms with E-state index in [1.165, 1.54) is 0 Å². The normalized spacial score (nSPS) is 11.4. The van der Waals surface area contributed by atoms with Gasteiger partial charge in [-0.3, -0.25) is 0 Å². The minimum atomic E-state index is -0.0340. The zero-order valence-corrected chi connectivity index (χ0v) is 12.0. The van der Waals surface area contributed by atoms with Crippen LogP contribution in [0.1, 0.15) is 16.7 Å². The number of benzene rings is 2. The van der Waals surface area contributed by atoms with Gasteiger partial charge in [-0.05, 0) is 43.2 Å². The van der Waals surface area contributed by atoms with Crippen LogP contribution in [0.2, 0.25) is 5.02 Å². The van der Waals surface area contributed by atoms with Crippen LogP contribution >= 0.6 is 11.6 Å². The number of nitrogens with two attached hydrogens (primary N) is 1. The number of amidine groups is 1. The highest BCUT2D eigenvalue weighted by atomic mass is 35.5. The molecule has 104 valence electrons. The summed E-state index contributed by atoms with van der Waals surface area (Å²) in [7, 11) is 0. The first-order valence-electron chi connectivity index (χ1n) is 6.04. The summed E-state index contributed by atoms with van der Waals surface area (Å²) < 4.78 is 5.81. The zero-order valence-electron chi connectivity index (χ0n) is 11.2. The summed E-state index contributed by atoms with van der Waals surface area (Å²) in [6.07, 6.45) is 0. The first-order chi connectivity index (χ1) is 9.52. The average Bonchev–Trinajstić information content (AvgIpc) is 2.43. The monoisotopic (exact) mass is 290 g/mol. The molecule has 0 aliphatic carbocycles. The second-order valence-corrected chi connectivity index (χ2v) is 4.83. The van der Waals surface area contributed by atoms with Crippen LogP contribution < -0.4 is 10.5 Å². The molecule has 0 bridgehead atoms. The van der Waals surface area contributed by atoms with E-state index in [2.05, 4.69) is 5.16 Å². The Balaban J connectivity index is 2.31. The van der Waals surface area contributed by atoms with Crippen molar-refractivity contribution in [3.63, 3.8) is 0 Å². The summed E-state index contributed by atoms with van der Waals surface area (Å²) in [4.78, 5) is 0. The Labute approximate surface area is 122 Å². The highest BCUT2D eigenvalue weighted by Crippen LogP contribution is 2.29. The lowest BCUT2D eigenvalue weighted by atomic mass is 10.1. The van der Waals surface area contributed by atoms with Crippen molar-refractivity contribution in [2.45, 2.75) is 13.8 Å². The molecule has 0 saturated carbocycles. The van der Waals surface area contributed by atoms with Crippen molar-refractivity contribution in [1.29, 1.82) is 0 Å². The summed E-state index contributed by atoms with van der Waals surface area (Å²) in [6, 6.07) is 10.9. The van der Waals surface area contributed by atoms with Gasteiger partial charge in [-0.15, -0.1) is 0 Å². The third-order valence-corrected chi connectivity index (χ3v) is 3.42. The van der Waals surface area contributed by atoms with Gasteiger partial charge in [-0.2, -0.15) is 0 Å². The van der Waals surface area contributed by atoms with Crippen LogP contribution in [-0.4, -0.2) is 11.0 Å². The second kappa shape index (κ2) is 5.84. The van der Waals surface area contributed by atoms with Crippen LogP contribution in [0.25, 0.3) is 0 Å². The Hall–Kier alpha value is -2.20. The van der Waals surface area contributed by atoms with E-state index in [1.807, 2.05) is 32.0 Å². The third kappa shape index (κ3) is 2.86. The van der Waals surface area contributed by atoms with Gasteiger partial charge in [0.15, 0.2) is 5.84 Å². The molecule has 2 aromatic rings. The van der Waals surface area contributed by atoms with Gasteiger partial charge >= 0.3 is 0 Å². The Bertz CT molecular complexity index is 669. The van der Waals surface area contributed by atoms with E-state index in [0.29, 0.717) is 16.3 Å². The van der Waals surface area contributed by atoms with Gasteiger partial charge in [0.1, 0.15) is 11.5 Å². The third-order valence-electron chi connectivity index (χ3n) is 3.11. The quantitative estimate of drug-likeness (QED) is 0.390. The number of rotatable bonds is 3. The van der Waals surface area contributed by atoms with Crippen molar-refractivity contribution < 1.29 is 9.94 Å². The second-order valence-electron chi connectivity index (χ2n) is 4.43. The van der Waals surface area contributed by atoms with Gasteiger partial charge in [0.05, 0.1) is 5.02 Å². The largest absolute Gasteiger partial charge is 0.457 e. The van der Waals surface area contributed by atoms with E-state index in [-0.39, 0.29) is 5.84 Å². The topological polar surface area (TPSA) is 67.8 Å². The Kier molecular flexibility index (Phi) is 4.15. The van der Waals surface area contributed by atoms with Crippen molar-refractivity contribution in [3.8, 4) is 11.5 Å². The van der Waals surface area contributed by atoms with E-state index in [4.69, 9.17) is 27.3 Å². The molecule has 0 heterocycles. The molecule has 0 atom stereocenters. The smallest absolute Gasteiger partial charge is 0.171 e. The summed E-state index contributed by atoms with van der Waals surface area (Å²) >= 11 is 6.09. The molecular formula is C15H15ClN2O2. The van der Waals surface area contributed by atoms with Crippen molar-refractivity contribution in [3.05, 3.63) is 58.1 Å². The fourth-order valence-electron chi connectivity index (χ4n) is 1.78. The highest BCUT2D eigenvalue weighted by molar-refractivity contribution is 6.34. The van der Waals surface area contributed by atoms with E-state index < -0.39 is 0 Å². The maximum absolute atomic E-state index is 8.66. The first-order valence-corrected chi connectivity index (χ1v) is 6.42. The molecule has 0 fully saturated rings. The molecule has 2 aromatic carbocycles. The van der Waals surface area contributed by atoms with E-state index >= 15 is 0 Å². The number of ether oxygens (including phenoxy) is 1. The molecule has 20 heavy (non-hydrogen) atoms. The summed E-state index contributed by atoms with van der Waals surface area (Å²) in [5, 5.41) is 11.9. The molecule has 0 unspecified atom stereocenters. The van der Waals surface area contributed by atoms with E-state index in [1.54, 1.807) is 18.2 Å². The molecular weight excluding hydrogens is 276 g/mol. The van der Waals surface area contributed by atoms with Gasteiger partial charge in [0.25, 0.3) is 0 Å². The molecule has 5 heteroatoms. The molecule has 0 amide bonds. The van der Waals surface area contributed by atoms with Crippen molar-refractivity contribution in [1.82, 2.24) is 0 Å². The van der Waals surface area contributed by atoms with E-state index in [9.17, 15) is 0 Å². The molecule has 2 rings (SSSR count). The number of nitrogens with zero attached hydrogens (tertiary/aromatic N) is 1. The molecule has 0 aliphatic heterocycles. The van der Waals surface area contributed by atoms with Crippen molar-refractivity contribution in [2.75, 3.05) is 0 Å². The summed E-state index contributed by atoms with van der Waals surface area (Å²) in [5.41, 5.74) is 8.20. The van der Waals surface area contributed by atoms with Gasteiger partial charge in [0, 0.05) is 11.6 Å². The molecule has 0 aromatic heterocycles. The van der Waals surface area contributed by atoms with Crippen molar-refractivity contribution in [2.24, 2.45) is 10.9 Å². The number of hydrogen-bond acceptors (Lipinski definition) is 3. The SMILES string of the molecule is Cc1cccc(Oc2ccc(C(N)=NO)c(Cl)c2)c1C. The molecule has 0 radical (unpaired) electrons. The van der Waals surface area contributed by atoms with Gasteiger partial charge in [-0.1, -0.05) is 28.9 Å². The van der Waals surface area contributed by atoms with Gasteiger partial charge in [0.2, 0.25) is 0 Å². The lowest BCUT2D eigenvalue weighted by Crippen LogP contribution is -2.13. The molecule has 0 spiro atoms. The predicted molar refractivity (Wildman–Crippen MR) is 80.0 cm³/mol. The molecule has 4 nitrogen and oxygen atoms in total. The Morgan fingerprint density at radius 2 is 2.00 bits per heavy atom. The maximum atomic E-state index is 8.66. The summed E-state index contributed by atoms with van der Waals surface area (Å²) in [5.74, 6) is 1.34. The predicted octanol–water partition coefficient (Wildman–Crippen LogP) is 3.84. The minimum Gasteiger partial charge on any atom is -0.457 e. The van der Waals surface area contributed by atoms with Crippen LogP contribution in [0.15, 0.2) is 41.6 Å².